The van der Waals surface area contributed by atoms with Crippen molar-refractivity contribution in [3.63, 3.8) is 0 Å². The van der Waals surface area contributed by atoms with Crippen LogP contribution in [0.3, 0.4) is 0 Å². The topological polar surface area (TPSA) is 42.0 Å². The Morgan fingerprint density at radius 2 is 2.00 bits per heavy atom. The number of aliphatic hydroxyl groups is 1. The molecule has 116 valence electrons. The minimum atomic E-state index is -1.72. The number of rotatable bonds is 3. The second-order valence-corrected chi connectivity index (χ2v) is 13.6. The molecule has 0 amide bonds. The lowest BCUT2D eigenvalue weighted by Gasteiger charge is -2.42. The van der Waals surface area contributed by atoms with Crippen molar-refractivity contribution in [2.45, 2.75) is 82.9 Å². The molecule has 0 unspecified atom stereocenters. The van der Waals surface area contributed by atoms with Gasteiger partial charge in [-0.1, -0.05) is 20.8 Å². The highest BCUT2D eigenvalue weighted by Crippen LogP contribution is 2.60. The van der Waals surface area contributed by atoms with Crippen molar-refractivity contribution in [1.29, 1.82) is 0 Å². The molecule has 0 bridgehead atoms. The van der Waals surface area contributed by atoms with E-state index in [1.807, 2.05) is 0 Å². The fourth-order valence-corrected chi connectivity index (χ4v) is 5.09. The van der Waals surface area contributed by atoms with Gasteiger partial charge in [0.25, 0.3) is 0 Å². The quantitative estimate of drug-likeness (QED) is 0.642. The van der Waals surface area contributed by atoms with Crippen LogP contribution >= 0.6 is 0 Å². The maximum absolute atomic E-state index is 10.2. The maximum atomic E-state index is 10.2. The zero-order valence-corrected chi connectivity index (χ0v) is 14.6. The number of aliphatic hydroxyl groups excluding tert-OH is 1. The minimum absolute atomic E-state index is 0.109. The van der Waals surface area contributed by atoms with Crippen LogP contribution < -0.4 is 0 Å². The summed E-state index contributed by atoms with van der Waals surface area (Å²) in [6, 6.07) is 0. The molecule has 0 aromatic heterocycles. The van der Waals surface area contributed by atoms with Gasteiger partial charge in [0.15, 0.2) is 8.32 Å². The predicted molar refractivity (Wildman–Crippen MR) is 82.2 cm³/mol. The van der Waals surface area contributed by atoms with Gasteiger partial charge in [-0.15, -0.1) is 0 Å². The van der Waals surface area contributed by atoms with Crippen LogP contribution in [0.4, 0.5) is 0 Å². The highest BCUT2D eigenvalue weighted by Gasteiger charge is 2.64. The molecule has 0 radical (unpaired) electrons. The zero-order valence-electron chi connectivity index (χ0n) is 13.6. The Hall–Kier alpha value is 0.0969. The Morgan fingerprint density at radius 1 is 1.30 bits per heavy atom. The fraction of sp³-hybridized carbons (Fsp3) is 1.00. The first-order valence-corrected chi connectivity index (χ1v) is 11.0. The normalized spacial score (nSPS) is 44.1. The molecule has 5 atom stereocenters. The molecule has 2 saturated carbocycles. The average Bonchev–Trinajstić information content (AvgIpc) is 3.03. The Morgan fingerprint density at radius 3 is 2.65 bits per heavy atom. The molecular weight excluding hydrogens is 268 g/mol. The Balaban J connectivity index is 1.74. The molecule has 1 N–H and O–H groups in total. The van der Waals surface area contributed by atoms with E-state index in [0.717, 1.165) is 19.4 Å². The molecule has 3 fully saturated rings. The molecule has 1 heterocycles. The van der Waals surface area contributed by atoms with E-state index in [9.17, 15) is 5.11 Å². The second kappa shape index (κ2) is 4.54. The van der Waals surface area contributed by atoms with Crippen LogP contribution in [0.2, 0.25) is 18.1 Å². The van der Waals surface area contributed by atoms with Crippen LogP contribution in [-0.4, -0.2) is 38.3 Å². The van der Waals surface area contributed by atoms with E-state index in [1.54, 1.807) is 0 Å². The summed E-state index contributed by atoms with van der Waals surface area (Å²) in [7, 11) is -1.72. The molecule has 1 saturated heterocycles. The summed E-state index contributed by atoms with van der Waals surface area (Å²) >= 11 is 0. The summed E-state index contributed by atoms with van der Waals surface area (Å²) in [5, 5.41) is 10.4. The first-order valence-electron chi connectivity index (χ1n) is 8.13. The van der Waals surface area contributed by atoms with E-state index in [1.165, 1.54) is 12.8 Å². The van der Waals surface area contributed by atoms with Crippen molar-refractivity contribution in [3.8, 4) is 0 Å². The standard InChI is InChI=1S/C16H30O3Si/c1-15(2,3)20(4,5)18-10-16-9-12(17)8-11(16)6-7-13-14(16)19-13/h11-14,17H,6-10H2,1-5H3/t11-,12-,13+,14+,16-/m0/s1. The third kappa shape index (κ3) is 2.29. The smallest absolute Gasteiger partial charge is 0.192 e. The van der Waals surface area contributed by atoms with E-state index in [2.05, 4.69) is 33.9 Å². The Labute approximate surface area is 124 Å². The number of hydrogen-bond acceptors (Lipinski definition) is 3. The van der Waals surface area contributed by atoms with Crippen molar-refractivity contribution in [2.24, 2.45) is 11.3 Å². The number of hydrogen-bond donors (Lipinski definition) is 1. The summed E-state index contributed by atoms with van der Waals surface area (Å²) in [6.07, 6.45) is 4.90. The van der Waals surface area contributed by atoms with Gasteiger partial charge in [0, 0.05) is 12.0 Å². The van der Waals surface area contributed by atoms with Crippen LogP contribution in [-0.2, 0) is 9.16 Å². The highest BCUT2D eigenvalue weighted by molar-refractivity contribution is 6.74. The van der Waals surface area contributed by atoms with Gasteiger partial charge in [0.05, 0.1) is 18.3 Å². The van der Waals surface area contributed by atoms with Crippen molar-refractivity contribution >= 4 is 8.32 Å². The summed E-state index contributed by atoms with van der Waals surface area (Å²) in [6.45, 7) is 12.3. The van der Waals surface area contributed by atoms with Gasteiger partial charge in [-0.2, -0.15) is 0 Å². The molecule has 3 rings (SSSR count). The molecule has 0 aromatic rings. The third-order valence-electron chi connectivity index (χ3n) is 6.44. The van der Waals surface area contributed by atoms with E-state index in [4.69, 9.17) is 9.16 Å². The van der Waals surface area contributed by atoms with Gasteiger partial charge in [-0.3, -0.25) is 0 Å². The SMILES string of the molecule is CC(C)(C)[Si](C)(C)OC[C@@]12C[C@@H](O)C[C@@H]1CC[C@H]1O[C@H]12. The highest BCUT2D eigenvalue weighted by atomic mass is 28.4. The van der Waals surface area contributed by atoms with E-state index in [-0.39, 0.29) is 16.6 Å². The van der Waals surface area contributed by atoms with Gasteiger partial charge >= 0.3 is 0 Å². The van der Waals surface area contributed by atoms with Crippen LogP contribution in [0.25, 0.3) is 0 Å². The van der Waals surface area contributed by atoms with Crippen LogP contribution in [0.1, 0.15) is 46.5 Å². The summed E-state index contributed by atoms with van der Waals surface area (Å²) in [4.78, 5) is 0. The van der Waals surface area contributed by atoms with Crippen LogP contribution in [0.15, 0.2) is 0 Å². The summed E-state index contributed by atoms with van der Waals surface area (Å²) in [5.41, 5.74) is 0.109. The zero-order chi connectivity index (χ0) is 14.8. The van der Waals surface area contributed by atoms with Gasteiger partial charge < -0.3 is 14.3 Å². The molecule has 4 heteroatoms. The fourth-order valence-electron chi connectivity index (χ4n) is 4.03. The second-order valence-electron chi connectivity index (χ2n) is 8.75. The third-order valence-corrected chi connectivity index (χ3v) is 10.9. The molecule has 3 aliphatic rings. The first-order chi connectivity index (χ1) is 9.16. The van der Waals surface area contributed by atoms with Crippen molar-refractivity contribution < 1.29 is 14.3 Å². The van der Waals surface area contributed by atoms with Crippen LogP contribution in [0, 0.1) is 11.3 Å². The van der Waals surface area contributed by atoms with E-state index < -0.39 is 8.32 Å². The monoisotopic (exact) mass is 298 g/mol. The van der Waals surface area contributed by atoms with Gasteiger partial charge in [-0.05, 0) is 49.7 Å². The molecule has 1 aliphatic heterocycles. The molecule has 0 spiro atoms. The van der Waals surface area contributed by atoms with Gasteiger partial charge in [-0.25, -0.2) is 0 Å². The Kier molecular flexibility index (Phi) is 3.41. The summed E-state index contributed by atoms with van der Waals surface area (Å²) in [5.74, 6) is 0.603. The largest absolute Gasteiger partial charge is 0.416 e. The lowest BCUT2D eigenvalue weighted by molar-refractivity contribution is 0.0449. The van der Waals surface area contributed by atoms with Gasteiger partial charge in [0.2, 0.25) is 0 Å². The molecule has 0 aromatic carbocycles. The van der Waals surface area contributed by atoms with Crippen molar-refractivity contribution in [1.82, 2.24) is 0 Å². The number of fused-ring (bicyclic) bond motifs is 3. The maximum Gasteiger partial charge on any atom is 0.192 e. The van der Waals surface area contributed by atoms with E-state index in [0.29, 0.717) is 18.1 Å². The Bertz CT molecular complexity index is 390. The molecule has 20 heavy (non-hydrogen) atoms. The first kappa shape index (κ1) is 15.0. The van der Waals surface area contributed by atoms with Gasteiger partial charge in [0.1, 0.15) is 0 Å². The van der Waals surface area contributed by atoms with Crippen LogP contribution in [0.5, 0.6) is 0 Å². The number of epoxide rings is 1. The molecule has 3 nitrogen and oxygen atoms in total. The lowest BCUT2D eigenvalue weighted by Crippen LogP contribution is -2.48. The van der Waals surface area contributed by atoms with E-state index >= 15 is 0 Å². The predicted octanol–water partition coefficient (Wildman–Crippen LogP) is 3.33. The number of ether oxygens (including phenoxy) is 1. The van der Waals surface area contributed by atoms with Crippen molar-refractivity contribution in [2.75, 3.05) is 6.61 Å². The average molecular weight is 298 g/mol. The molecule has 2 aliphatic carbocycles. The minimum Gasteiger partial charge on any atom is -0.416 e. The van der Waals surface area contributed by atoms with Crippen molar-refractivity contribution in [3.05, 3.63) is 0 Å². The molecular formula is C16H30O3Si. The lowest BCUT2D eigenvalue weighted by atomic mass is 9.69. The summed E-state index contributed by atoms with van der Waals surface area (Å²) < 4.78 is 12.4.